The van der Waals surface area contributed by atoms with Gasteiger partial charge in [-0.2, -0.15) is 0 Å². The molecule has 2 atom stereocenters. The van der Waals surface area contributed by atoms with Crippen molar-refractivity contribution >= 4 is 11.3 Å². The predicted octanol–water partition coefficient (Wildman–Crippen LogP) is 1.09. The van der Waals surface area contributed by atoms with Gasteiger partial charge in [-0.1, -0.05) is 0 Å². The van der Waals surface area contributed by atoms with Gasteiger partial charge in [-0.25, -0.2) is 4.98 Å². The van der Waals surface area contributed by atoms with Crippen molar-refractivity contribution < 1.29 is 0 Å². The topological polar surface area (TPSA) is 42.1 Å². The molecule has 2 rings (SSSR count). The molecule has 0 radical (unpaired) electrons. The Labute approximate surface area is 82.6 Å². The van der Waals surface area contributed by atoms with E-state index in [1.165, 1.54) is 13.0 Å². The Kier molecular flexibility index (Phi) is 2.62. The largest absolute Gasteiger partial charge is 0.322 e. The van der Waals surface area contributed by atoms with Gasteiger partial charge in [-0.15, -0.1) is 11.3 Å². The van der Waals surface area contributed by atoms with Gasteiger partial charge in [0.15, 0.2) is 0 Å². The highest BCUT2D eigenvalue weighted by Crippen LogP contribution is 2.26. The van der Waals surface area contributed by atoms with Gasteiger partial charge in [-0.3, -0.25) is 0 Å². The van der Waals surface area contributed by atoms with Gasteiger partial charge in [0.25, 0.3) is 0 Å². The van der Waals surface area contributed by atoms with E-state index in [0.717, 1.165) is 12.2 Å². The molecule has 0 bridgehead atoms. The third-order valence-corrected chi connectivity index (χ3v) is 3.33. The number of thiazole rings is 1. The first-order valence-corrected chi connectivity index (χ1v) is 5.54. The molecule has 2 N–H and O–H groups in total. The van der Waals surface area contributed by atoms with Gasteiger partial charge in [0.2, 0.25) is 0 Å². The fraction of sp³-hybridized carbons (Fsp3) is 0.667. The summed E-state index contributed by atoms with van der Waals surface area (Å²) in [5, 5.41) is 2.06. The second kappa shape index (κ2) is 3.74. The summed E-state index contributed by atoms with van der Waals surface area (Å²) in [5.41, 5.74) is 9.04. The van der Waals surface area contributed by atoms with E-state index in [4.69, 9.17) is 5.73 Å². The van der Waals surface area contributed by atoms with Crippen LogP contribution < -0.4 is 5.73 Å². The van der Waals surface area contributed by atoms with Gasteiger partial charge in [0.05, 0.1) is 17.2 Å². The molecule has 3 nitrogen and oxygen atoms in total. The van der Waals surface area contributed by atoms with Crippen molar-refractivity contribution in [2.45, 2.75) is 12.5 Å². The molecular weight excluding hydrogens is 182 g/mol. The first-order valence-electron chi connectivity index (χ1n) is 4.59. The zero-order valence-corrected chi connectivity index (χ0v) is 8.63. The minimum atomic E-state index is 0.135. The average molecular weight is 197 g/mol. The molecule has 72 valence electrons. The third-order valence-electron chi connectivity index (χ3n) is 2.73. The SMILES string of the molecule is CN1CCC(C(N)c2cscn2)C1. The smallest absolute Gasteiger partial charge is 0.0795 e. The van der Waals surface area contributed by atoms with Gasteiger partial charge in [-0.05, 0) is 25.9 Å². The Morgan fingerprint density at radius 2 is 2.62 bits per heavy atom. The molecule has 2 unspecified atom stereocenters. The Hall–Kier alpha value is -0.450. The molecule has 4 heteroatoms. The maximum absolute atomic E-state index is 6.12. The van der Waals surface area contributed by atoms with E-state index < -0.39 is 0 Å². The molecular formula is C9H15N3S. The molecule has 1 aromatic rings. The van der Waals surface area contributed by atoms with Gasteiger partial charge in [0.1, 0.15) is 0 Å². The zero-order valence-electron chi connectivity index (χ0n) is 7.81. The lowest BCUT2D eigenvalue weighted by atomic mass is 9.98. The molecule has 13 heavy (non-hydrogen) atoms. The van der Waals surface area contributed by atoms with Crippen LogP contribution >= 0.6 is 11.3 Å². The van der Waals surface area contributed by atoms with E-state index in [2.05, 4.69) is 22.3 Å². The molecule has 2 heterocycles. The number of nitrogens with zero attached hydrogens (tertiary/aromatic N) is 2. The lowest BCUT2D eigenvalue weighted by Crippen LogP contribution is -2.24. The molecule has 0 amide bonds. The van der Waals surface area contributed by atoms with Crippen molar-refractivity contribution in [1.82, 2.24) is 9.88 Å². The number of aromatic nitrogens is 1. The minimum Gasteiger partial charge on any atom is -0.322 e. The quantitative estimate of drug-likeness (QED) is 0.772. The first kappa shape index (κ1) is 9.12. The molecule has 0 saturated carbocycles. The summed E-state index contributed by atoms with van der Waals surface area (Å²) in [6.45, 7) is 2.28. The summed E-state index contributed by atoms with van der Waals surface area (Å²) in [7, 11) is 2.15. The summed E-state index contributed by atoms with van der Waals surface area (Å²) in [6.07, 6.45) is 1.20. The number of hydrogen-bond donors (Lipinski definition) is 1. The summed E-state index contributed by atoms with van der Waals surface area (Å²) in [5.74, 6) is 0.590. The van der Waals surface area contributed by atoms with E-state index >= 15 is 0 Å². The molecule has 1 fully saturated rings. The van der Waals surface area contributed by atoms with Crippen LogP contribution in [0.2, 0.25) is 0 Å². The zero-order chi connectivity index (χ0) is 9.26. The lowest BCUT2D eigenvalue weighted by molar-refractivity contribution is 0.370. The first-order chi connectivity index (χ1) is 6.27. The highest BCUT2D eigenvalue weighted by Gasteiger charge is 2.27. The number of rotatable bonds is 2. The molecule has 1 aliphatic heterocycles. The molecule has 0 spiro atoms. The highest BCUT2D eigenvalue weighted by molar-refractivity contribution is 7.07. The molecule has 0 aromatic carbocycles. The van der Waals surface area contributed by atoms with Crippen LogP contribution in [0.4, 0.5) is 0 Å². The summed E-state index contributed by atoms with van der Waals surface area (Å²) < 4.78 is 0. The predicted molar refractivity (Wildman–Crippen MR) is 54.6 cm³/mol. The van der Waals surface area contributed by atoms with Crippen molar-refractivity contribution in [3.8, 4) is 0 Å². The van der Waals surface area contributed by atoms with Gasteiger partial charge in [0, 0.05) is 11.9 Å². The van der Waals surface area contributed by atoms with E-state index in [9.17, 15) is 0 Å². The van der Waals surface area contributed by atoms with Crippen molar-refractivity contribution in [2.24, 2.45) is 11.7 Å². The molecule has 1 aromatic heterocycles. The van der Waals surface area contributed by atoms with Crippen LogP contribution in [0, 0.1) is 5.92 Å². The van der Waals surface area contributed by atoms with Crippen LogP contribution in [0.15, 0.2) is 10.9 Å². The van der Waals surface area contributed by atoms with Crippen LogP contribution in [0.3, 0.4) is 0 Å². The average Bonchev–Trinajstić information content (AvgIpc) is 2.72. The van der Waals surface area contributed by atoms with E-state index in [1.54, 1.807) is 11.3 Å². The van der Waals surface area contributed by atoms with Crippen LogP contribution in [0.25, 0.3) is 0 Å². The van der Waals surface area contributed by atoms with Crippen molar-refractivity contribution in [3.05, 3.63) is 16.6 Å². The maximum atomic E-state index is 6.12. The highest BCUT2D eigenvalue weighted by atomic mass is 32.1. The van der Waals surface area contributed by atoms with Crippen LogP contribution in [-0.4, -0.2) is 30.0 Å². The monoisotopic (exact) mass is 197 g/mol. The maximum Gasteiger partial charge on any atom is 0.0795 e. The Bertz CT molecular complexity index is 260. The second-order valence-corrected chi connectivity index (χ2v) is 4.47. The number of nitrogens with two attached hydrogens (primary N) is 1. The van der Waals surface area contributed by atoms with Gasteiger partial charge >= 0.3 is 0 Å². The van der Waals surface area contributed by atoms with Crippen LogP contribution in [0.5, 0.6) is 0 Å². The van der Waals surface area contributed by atoms with Gasteiger partial charge < -0.3 is 10.6 Å². The summed E-state index contributed by atoms with van der Waals surface area (Å²) >= 11 is 1.62. The van der Waals surface area contributed by atoms with E-state index in [0.29, 0.717) is 5.92 Å². The van der Waals surface area contributed by atoms with Crippen molar-refractivity contribution in [2.75, 3.05) is 20.1 Å². The lowest BCUT2D eigenvalue weighted by Gasteiger charge is -2.16. The van der Waals surface area contributed by atoms with Crippen LogP contribution in [-0.2, 0) is 0 Å². The normalized spacial score (nSPS) is 26.5. The molecule has 0 aliphatic carbocycles. The summed E-state index contributed by atoms with van der Waals surface area (Å²) in [4.78, 5) is 6.59. The Balaban J connectivity index is 2.02. The fourth-order valence-electron chi connectivity index (χ4n) is 1.89. The Morgan fingerprint density at radius 1 is 1.77 bits per heavy atom. The number of hydrogen-bond acceptors (Lipinski definition) is 4. The van der Waals surface area contributed by atoms with Crippen molar-refractivity contribution in [1.29, 1.82) is 0 Å². The standard InChI is InChI=1S/C9H15N3S/c1-12-3-2-7(4-12)9(10)8-5-13-6-11-8/h5-7,9H,2-4,10H2,1H3. The van der Waals surface area contributed by atoms with Crippen molar-refractivity contribution in [3.63, 3.8) is 0 Å². The van der Waals surface area contributed by atoms with E-state index in [-0.39, 0.29) is 6.04 Å². The Morgan fingerprint density at radius 3 is 3.15 bits per heavy atom. The van der Waals surface area contributed by atoms with E-state index in [1.807, 2.05) is 5.51 Å². The summed E-state index contributed by atoms with van der Waals surface area (Å²) in [6, 6.07) is 0.135. The molecule has 1 aliphatic rings. The van der Waals surface area contributed by atoms with Crippen LogP contribution in [0.1, 0.15) is 18.2 Å². The molecule has 1 saturated heterocycles. The third kappa shape index (κ3) is 1.90. The minimum absolute atomic E-state index is 0.135. The second-order valence-electron chi connectivity index (χ2n) is 3.75. The fourth-order valence-corrected chi connectivity index (χ4v) is 2.49. The number of likely N-dealkylation sites (tertiary alicyclic amines) is 1.